The van der Waals surface area contributed by atoms with Crippen LogP contribution in [0.1, 0.15) is 36.5 Å². The molecule has 1 aliphatic heterocycles. The molecule has 4 aromatic rings. The van der Waals surface area contributed by atoms with E-state index in [0.717, 1.165) is 29.8 Å². The molecule has 4 atom stereocenters. The number of nitrogens with zero attached hydrogens (tertiary/aromatic N) is 6. The summed E-state index contributed by atoms with van der Waals surface area (Å²) in [5.41, 5.74) is 0.534. The molecule has 36 heavy (non-hydrogen) atoms. The summed E-state index contributed by atoms with van der Waals surface area (Å²) in [6.07, 6.45) is 6.04. The topological polar surface area (TPSA) is 86.0 Å². The molecule has 184 valence electrons. The quantitative estimate of drug-likeness (QED) is 0.425. The minimum absolute atomic E-state index is 0.00623. The minimum atomic E-state index is -1.02. The van der Waals surface area contributed by atoms with Crippen LogP contribution in [0.15, 0.2) is 48.9 Å². The van der Waals surface area contributed by atoms with Crippen LogP contribution in [0, 0.1) is 23.4 Å². The predicted octanol–water partition coefficient (Wildman–Crippen LogP) is 4.09. The molecule has 0 N–H and O–H groups in total. The smallest absolute Gasteiger partial charge is 0.256 e. The molecule has 1 amide bonds. The van der Waals surface area contributed by atoms with Crippen molar-refractivity contribution in [3.8, 4) is 11.6 Å². The Kier molecular flexibility index (Phi) is 5.35. The maximum absolute atomic E-state index is 14.8. The van der Waals surface area contributed by atoms with Crippen molar-refractivity contribution < 1.29 is 22.7 Å². The van der Waals surface area contributed by atoms with Gasteiger partial charge in [-0.15, -0.1) is 4.80 Å². The van der Waals surface area contributed by atoms with Crippen LogP contribution < -0.4 is 4.74 Å². The molecular formula is C25H21F3N6O2. The number of hydrogen-bond donors (Lipinski definition) is 0. The number of ether oxygens (including phenoxy) is 1. The van der Waals surface area contributed by atoms with Gasteiger partial charge in [-0.2, -0.15) is 10.2 Å². The van der Waals surface area contributed by atoms with Crippen molar-refractivity contribution in [1.82, 2.24) is 29.9 Å². The van der Waals surface area contributed by atoms with Gasteiger partial charge in [0.05, 0.1) is 41.2 Å². The van der Waals surface area contributed by atoms with Crippen molar-refractivity contribution >= 4 is 16.9 Å². The SMILES string of the molecule is CC1C2CCC(Oc3cnc4cc(F)c(F)cc4n3)C(C2)N1C(=O)c1cccc(F)c1-n1nccn1. The molecule has 2 aliphatic rings. The third-order valence-electron chi connectivity index (χ3n) is 7.18. The number of carbonyl (C=O) groups is 1. The Bertz CT molecular complexity index is 1460. The summed E-state index contributed by atoms with van der Waals surface area (Å²) in [5, 5.41) is 8.03. The largest absolute Gasteiger partial charge is 0.471 e. The van der Waals surface area contributed by atoms with Gasteiger partial charge >= 0.3 is 0 Å². The maximum atomic E-state index is 14.8. The number of para-hydroxylation sites is 1. The lowest BCUT2D eigenvalue weighted by molar-refractivity contribution is 0.0466. The zero-order chi connectivity index (χ0) is 25.0. The monoisotopic (exact) mass is 494 g/mol. The second-order valence-electron chi connectivity index (χ2n) is 9.17. The van der Waals surface area contributed by atoms with Crippen molar-refractivity contribution in [2.24, 2.45) is 5.92 Å². The van der Waals surface area contributed by atoms with E-state index < -0.39 is 23.6 Å². The number of likely N-dealkylation sites (tertiary alicyclic amines) is 1. The normalized spacial score (nSPS) is 23.3. The lowest BCUT2D eigenvalue weighted by atomic mass is 9.86. The number of rotatable bonds is 4. The lowest BCUT2D eigenvalue weighted by Crippen LogP contribution is -2.47. The molecule has 4 unspecified atom stereocenters. The second kappa shape index (κ2) is 8.58. The molecule has 2 bridgehead atoms. The van der Waals surface area contributed by atoms with Gasteiger partial charge in [0.15, 0.2) is 17.5 Å². The van der Waals surface area contributed by atoms with E-state index in [-0.39, 0.29) is 52.1 Å². The third kappa shape index (κ3) is 3.66. The van der Waals surface area contributed by atoms with Crippen molar-refractivity contribution in [2.75, 3.05) is 0 Å². The van der Waals surface area contributed by atoms with Crippen LogP contribution in [0.25, 0.3) is 16.7 Å². The molecule has 8 nitrogen and oxygen atoms in total. The Morgan fingerprint density at radius 3 is 2.56 bits per heavy atom. The number of hydrogen-bond acceptors (Lipinski definition) is 6. The van der Waals surface area contributed by atoms with Gasteiger partial charge in [0.2, 0.25) is 5.88 Å². The van der Waals surface area contributed by atoms with E-state index in [0.29, 0.717) is 6.42 Å². The Morgan fingerprint density at radius 1 is 1.03 bits per heavy atom. The first-order valence-corrected chi connectivity index (χ1v) is 11.7. The van der Waals surface area contributed by atoms with Crippen molar-refractivity contribution in [3.63, 3.8) is 0 Å². The maximum Gasteiger partial charge on any atom is 0.256 e. The Morgan fingerprint density at radius 2 is 1.78 bits per heavy atom. The molecule has 1 saturated heterocycles. The molecule has 0 radical (unpaired) electrons. The number of amides is 1. The van der Waals surface area contributed by atoms with Gasteiger partial charge in [0, 0.05) is 18.2 Å². The molecule has 1 saturated carbocycles. The van der Waals surface area contributed by atoms with Crippen LogP contribution in [0.5, 0.6) is 5.88 Å². The summed E-state index contributed by atoms with van der Waals surface area (Å²) in [5.74, 6) is -2.52. The van der Waals surface area contributed by atoms with E-state index in [4.69, 9.17) is 4.74 Å². The number of aromatic nitrogens is 5. The highest BCUT2D eigenvalue weighted by molar-refractivity contribution is 5.98. The van der Waals surface area contributed by atoms with E-state index in [1.54, 1.807) is 11.0 Å². The van der Waals surface area contributed by atoms with Crippen LogP contribution in [0.3, 0.4) is 0 Å². The Labute approximate surface area is 203 Å². The number of halogens is 3. The highest BCUT2D eigenvalue weighted by Crippen LogP contribution is 2.42. The predicted molar refractivity (Wildman–Crippen MR) is 122 cm³/mol. The van der Waals surface area contributed by atoms with Crippen LogP contribution in [0.2, 0.25) is 0 Å². The molecule has 1 aliphatic carbocycles. The third-order valence-corrected chi connectivity index (χ3v) is 7.18. The standard InChI is InChI=1S/C25H21F3N6O2/c1-13-14-5-6-22(36-23-12-29-19-10-17(27)18(28)11-20(19)32-23)21(9-14)33(13)25(35)15-3-2-4-16(26)24(15)34-30-7-8-31-34/h2-4,7-8,10-14,21-22H,5-6,9H2,1H3. The average Bonchev–Trinajstić information content (AvgIpc) is 3.48. The van der Waals surface area contributed by atoms with E-state index in [2.05, 4.69) is 20.2 Å². The van der Waals surface area contributed by atoms with Gasteiger partial charge in [0.1, 0.15) is 11.8 Å². The molecule has 6 rings (SSSR count). The van der Waals surface area contributed by atoms with Crippen molar-refractivity contribution in [2.45, 2.75) is 44.4 Å². The number of fused-ring (bicyclic) bond motifs is 3. The Balaban J connectivity index is 1.32. The number of benzene rings is 2. The second-order valence-corrected chi connectivity index (χ2v) is 9.17. The van der Waals surface area contributed by atoms with Gasteiger partial charge < -0.3 is 9.64 Å². The van der Waals surface area contributed by atoms with Gasteiger partial charge in [-0.1, -0.05) is 6.07 Å². The summed E-state index contributed by atoms with van der Waals surface area (Å²) in [4.78, 5) is 25.1. The van der Waals surface area contributed by atoms with E-state index in [1.807, 2.05) is 6.92 Å². The molecule has 2 aromatic heterocycles. The highest BCUT2D eigenvalue weighted by atomic mass is 19.2. The van der Waals surface area contributed by atoms with Gasteiger partial charge in [-0.25, -0.2) is 23.1 Å². The fourth-order valence-corrected chi connectivity index (χ4v) is 5.45. The molecular weight excluding hydrogens is 473 g/mol. The molecule has 2 aromatic carbocycles. The highest BCUT2D eigenvalue weighted by Gasteiger charge is 2.49. The summed E-state index contributed by atoms with van der Waals surface area (Å²) < 4.78 is 48.2. The first kappa shape index (κ1) is 22.4. The summed E-state index contributed by atoms with van der Waals surface area (Å²) in [6, 6.07) is 5.91. The summed E-state index contributed by atoms with van der Waals surface area (Å²) in [7, 11) is 0. The Hall–Kier alpha value is -4.02. The van der Waals surface area contributed by atoms with Gasteiger partial charge in [-0.3, -0.25) is 4.79 Å². The minimum Gasteiger partial charge on any atom is -0.471 e. The number of carbonyl (C=O) groups excluding carboxylic acids is 1. The lowest BCUT2D eigenvalue weighted by Gasteiger charge is -2.33. The first-order valence-electron chi connectivity index (χ1n) is 11.7. The molecule has 11 heteroatoms. The van der Waals surface area contributed by atoms with E-state index in [9.17, 15) is 18.0 Å². The van der Waals surface area contributed by atoms with Crippen LogP contribution in [-0.4, -0.2) is 54.0 Å². The van der Waals surface area contributed by atoms with Crippen LogP contribution >= 0.6 is 0 Å². The van der Waals surface area contributed by atoms with Crippen molar-refractivity contribution in [3.05, 3.63) is 71.9 Å². The van der Waals surface area contributed by atoms with Gasteiger partial charge in [-0.05, 0) is 44.2 Å². The fraction of sp³-hybridized carbons (Fsp3) is 0.320. The first-order chi connectivity index (χ1) is 17.4. The average molecular weight is 494 g/mol. The zero-order valence-electron chi connectivity index (χ0n) is 19.2. The van der Waals surface area contributed by atoms with E-state index in [1.165, 1.54) is 30.7 Å². The van der Waals surface area contributed by atoms with E-state index >= 15 is 0 Å². The molecule has 0 spiro atoms. The van der Waals surface area contributed by atoms with Crippen LogP contribution in [0.4, 0.5) is 13.2 Å². The summed E-state index contributed by atoms with van der Waals surface area (Å²) >= 11 is 0. The van der Waals surface area contributed by atoms with Gasteiger partial charge in [0.25, 0.3) is 5.91 Å². The molecule has 3 heterocycles. The van der Waals surface area contributed by atoms with Crippen molar-refractivity contribution in [1.29, 1.82) is 0 Å². The molecule has 2 fully saturated rings. The summed E-state index contributed by atoms with van der Waals surface area (Å²) in [6.45, 7) is 1.99. The van der Waals surface area contributed by atoms with Crippen LogP contribution in [-0.2, 0) is 0 Å². The fourth-order valence-electron chi connectivity index (χ4n) is 5.45. The zero-order valence-corrected chi connectivity index (χ0v) is 19.2.